The van der Waals surface area contributed by atoms with E-state index in [0.717, 1.165) is 17.5 Å². The fourth-order valence-corrected chi connectivity index (χ4v) is 8.93. The van der Waals surface area contributed by atoms with Crippen molar-refractivity contribution in [3.05, 3.63) is 36.9 Å². The van der Waals surface area contributed by atoms with Gasteiger partial charge in [0.05, 0.1) is 41.4 Å². The number of hydrogen-bond donors (Lipinski definition) is 1. The second kappa shape index (κ2) is 9.75. The van der Waals surface area contributed by atoms with Crippen molar-refractivity contribution in [1.29, 1.82) is 0 Å². The summed E-state index contributed by atoms with van der Waals surface area (Å²) in [6.07, 6.45) is 2.37. The second-order valence-electron chi connectivity index (χ2n) is 10.2. The number of nitrogens with zero attached hydrogens (tertiary/aromatic N) is 5. The Morgan fingerprint density at radius 3 is 2.86 bits per heavy atom. The van der Waals surface area contributed by atoms with Crippen LogP contribution in [0.4, 0.5) is 0 Å². The molecule has 0 aliphatic carbocycles. The first-order valence-electron chi connectivity index (χ1n) is 12.7. The monoisotopic (exact) mass is 527 g/mol. The van der Waals surface area contributed by atoms with E-state index in [1.54, 1.807) is 41.3 Å². The lowest BCUT2D eigenvalue weighted by Crippen LogP contribution is -2.59. The van der Waals surface area contributed by atoms with Crippen LogP contribution in [-0.2, 0) is 25.8 Å². The Morgan fingerprint density at radius 2 is 2.16 bits per heavy atom. The Bertz CT molecular complexity index is 1230. The van der Waals surface area contributed by atoms with Crippen LogP contribution in [0.25, 0.3) is 11.0 Å². The molecule has 3 saturated heterocycles. The van der Waals surface area contributed by atoms with Crippen LogP contribution >= 0.6 is 11.8 Å². The molecule has 11 heteroatoms. The van der Waals surface area contributed by atoms with E-state index in [0.29, 0.717) is 0 Å². The molecule has 3 aliphatic rings. The average molecular weight is 528 g/mol. The number of hydrogen-bond acceptors (Lipinski definition) is 8. The highest BCUT2D eigenvalue weighted by Crippen LogP contribution is 2.69. The van der Waals surface area contributed by atoms with Gasteiger partial charge < -0.3 is 19.6 Å². The largest absolute Gasteiger partial charge is 0.466 e. The number of thioether (sulfide) groups is 1. The van der Waals surface area contributed by atoms with Crippen molar-refractivity contribution in [3.8, 4) is 0 Å². The highest BCUT2D eigenvalue weighted by atomic mass is 32.2. The first kappa shape index (κ1) is 25.7. The number of likely N-dealkylation sites (tertiary alicyclic amines) is 1. The molecular formula is C26H33N5O5S. The van der Waals surface area contributed by atoms with Crippen LogP contribution in [0.3, 0.4) is 0 Å². The zero-order chi connectivity index (χ0) is 26.5. The molecule has 0 radical (unpaired) electrons. The average Bonchev–Trinajstić information content (AvgIpc) is 3.60. The summed E-state index contributed by atoms with van der Waals surface area (Å²) in [4.78, 5) is 44.6. The van der Waals surface area contributed by atoms with Gasteiger partial charge in [0, 0.05) is 11.8 Å². The Labute approximate surface area is 220 Å². The predicted molar refractivity (Wildman–Crippen MR) is 138 cm³/mol. The van der Waals surface area contributed by atoms with E-state index in [9.17, 15) is 19.5 Å². The molecule has 2 aromatic rings. The molecule has 198 valence electrons. The molecular weight excluding hydrogens is 494 g/mol. The molecule has 37 heavy (non-hydrogen) atoms. The molecule has 1 spiro atoms. The SMILES string of the molecule is C=CCN(Cn1nnc2ccccc21)C(=O)C1N([C@H](C)CO)C(=O)[C@@H]2[C@H](C(=O)OCC)[C@@H]3CC(C)C12S3. The lowest BCUT2D eigenvalue weighted by atomic mass is 9.66. The van der Waals surface area contributed by atoms with E-state index in [1.165, 1.54) is 4.90 Å². The van der Waals surface area contributed by atoms with Crippen LogP contribution in [0.1, 0.15) is 27.2 Å². The number of rotatable bonds is 9. The summed E-state index contributed by atoms with van der Waals surface area (Å²) in [5.74, 6) is -2.15. The molecule has 1 N–H and O–H groups in total. The van der Waals surface area contributed by atoms with Crippen LogP contribution in [0, 0.1) is 17.8 Å². The number of aromatic nitrogens is 3. The summed E-state index contributed by atoms with van der Waals surface area (Å²) in [6.45, 7) is 9.70. The van der Waals surface area contributed by atoms with E-state index in [4.69, 9.17) is 4.74 Å². The predicted octanol–water partition coefficient (Wildman–Crippen LogP) is 1.68. The van der Waals surface area contributed by atoms with Gasteiger partial charge in [-0.1, -0.05) is 30.3 Å². The van der Waals surface area contributed by atoms with Gasteiger partial charge in [-0.25, -0.2) is 4.68 Å². The molecule has 0 saturated carbocycles. The standard InChI is InChI=1S/C26H33N5O5S/c1-5-11-29(14-30-18-10-8-7-9-17(18)27-28-30)24(34)22-26-15(3)12-19(37-26)20(25(35)36-6-2)21(26)23(33)31(22)16(4)13-32/h5,7-10,15-16,19-22,32H,1,6,11-14H2,2-4H3/t15?,16-,19+,20-,21+,22?,26?/m1/s1. The molecule has 10 nitrogen and oxygen atoms in total. The summed E-state index contributed by atoms with van der Waals surface area (Å²) in [7, 11) is 0. The number of aliphatic hydroxyl groups excluding tert-OH is 1. The lowest BCUT2D eigenvalue weighted by Gasteiger charge is -2.41. The highest BCUT2D eigenvalue weighted by molar-refractivity contribution is 8.02. The summed E-state index contributed by atoms with van der Waals surface area (Å²) in [5, 5.41) is 18.4. The third kappa shape index (κ3) is 3.77. The molecule has 4 heterocycles. The fourth-order valence-electron chi connectivity index (χ4n) is 6.54. The number of para-hydroxylation sites is 1. The van der Waals surface area contributed by atoms with Crippen LogP contribution in [-0.4, -0.2) is 89.5 Å². The third-order valence-electron chi connectivity index (χ3n) is 8.10. The van der Waals surface area contributed by atoms with Gasteiger partial charge in [-0.3, -0.25) is 14.4 Å². The number of fused-ring (bicyclic) bond motifs is 2. The molecule has 3 unspecified atom stereocenters. The molecule has 5 rings (SSSR count). The number of carbonyl (C=O) groups excluding carboxylic acids is 3. The van der Waals surface area contributed by atoms with Gasteiger partial charge in [0.15, 0.2) is 0 Å². The highest BCUT2D eigenvalue weighted by Gasteiger charge is 2.77. The molecule has 2 bridgehead atoms. The van der Waals surface area contributed by atoms with Gasteiger partial charge in [-0.2, -0.15) is 0 Å². The number of esters is 1. The van der Waals surface area contributed by atoms with Crippen molar-refractivity contribution in [3.63, 3.8) is 0 Å². The summed E-state index contributed by atoms with van der Waals surface area (Å²) < 4.78 is 6.25. The van der Waals surface area contributed by atoms with Crippen molar-refractivity contribution in [1.82, 2.24) is 24.8 Å². The van der Waals surface area contributed by atoms with Gasteiger partial charge in [0.25, 0.3) is 0 Å². The van der Waals surface area contributed by atoms with E-state index in [-0.39, 0.29) is 55.4 Å². The molecule has 3 fully saturated rings. The number of aliphatic hydroxyl groups is 1. The number of benzene rings is 1. The van der Waals surface area contributed by atoms with Crippen molar-refractivity contribution in [2.75, 3.05) is 19.8 Å². The Kier molecular flexibility index (Phi) is 6.78. The molecule has 1 aromatic heterocycles. The van der Waals surface area contributed by atoms with Crippen LogP contribution < -0.4 is 0 Å². The number of carbonyl (C=O) groups is 3. The zero-order valence-corrected chi connectivity index (χ0v) is 22.1. The van der Waals surface area contributed by atoms with Crippen LogP contribution in [0.5, 0.6) is 0 Å². The van der Waals surface area contributed by atoms with Gasteiger partial charge in [-0.05, 0) is 38.3 Å². The Morgan fingerprint density at radius 1 is 1.41 bits per heavy atom. The smallest absolute Gasteiger partial charge is 0.310 e. The van der Waals surface area contributed by atoms with E-state index >= 15 is 0 Å². The van der Waals surface area contributed by atoms with E-state index < -0.39 is 28.7 Å². The maximum atomic E-state index is 14.5. The molecule has 3 aliphatic heterocycles. The number of ether oxygens (including phenoxy) is 1. The normalized spacial score (nSPS) is 31.0. The van der Waals surface area contributed by atoms with Crippen molar-refractivity contribution < 1.29 is 24.2 Å². The maximum absolute atomic E-state index is 14.5. The van der Waals surface area contributed by atoms with Crippen molar-refractivity contribution >= 4 is 40.6 Å². The zero-order valence-electron chi connectivity index (χ0n) is 21.3. The van der Waals surface area contributed by atoms with Crippen LogP contribution in [0.15, 0.2) is 36.9 Å². The quantitative estimate of drug-likeness (QED) is 0.387. The Balaban J connectivity index is 1.56. The summed E-state index contributed by atoms with van der Waals surface area (Å²) in [6, 6.07) is 6.07. The minimum Gasteiger partial charge on any atom is -0.466 e. The minimum atomic E-state index is -0.841. The second-order valence-corrected chi connectivity index (χ2v) is 11.7. The molecule has 1 aromatic carbocycles. The summed E-state index contributed by atoms with van der Waals surface area (Å²) in [5.41, 5.74) is 1.50. The van der Waals surface area contributed by atoms with Gasteiger partial charge in [0.1, 0.15) is 18.2 Å². The lowest BCUT2D eigenvalue weighted by molar-refractivity contribution is -0.154. The molecule has 7 atom stereocenters. The van der Waals surface area contributed by atoms with Gasteiger partial charge >= 0.3 is 5.97 Å². The minimum absolute atomic E-state index is 0.0183. The maximum Gasteiger partial charge on any atom is 0.310 e. The van der Waals surface area contributed by atoms with Crippen molar-refractivity contribution in [2.45, 2.75) is 55.9 Å². The van der Waals surface area contributed by atoms with Crippen LogP contribution in [0.2, 0.25) is 0 Å². The first-order valence-corrected chi connectivity index (χ1v) is 13.6. The molecule has 2 amide bonds. The van der Waals surface area contributed by atoms with Gasteiger partial charge in [-0.15, -0.1) is 23.4 Å². The number of amides is 2. The first-order chi connectivity index (χ1) is 17.8. The van der Waals surface area contributed by atoms with E-state index in [2.05, 4.69) is 23.8 Å². The fraction of sp³-hybridized carbons (Fsp3) is 0.577. The van der Waals surface area contributed by atoms with E-state index in [1.807, 2.05) is 24.3 Å². The van der Waals surface area contributed by atoms with Crippen molar-refractivity contribution in [2.24, 2.45) is 17.8 Å². The topological polar surface area (TPSA) is 118 Å². The summed E-state index contributed by atoms with van der Waals surface area (Å²) >= 11 is 1.58. The van der Waals surface area contributed by atoms with Gasteiger partial charge in [0.2, 0.25) is 11.8 Å². The third-order valence-corrected chi connectivity index (χ3v) is 10.2. The Hall–Kier alpha value is -2.92.